The summed E-state index contributed by atoms with van der Waals surface area (Å²) >= 11 is 0. The number of benzene rings is 1. The summed E-state index contributed by atoms with van der Waals surface area (Å²) in [6.07, 6.45) is 5.72. The number of halogens is 2. The second-order valence-corrected chi connectivity index (χ2v) is 9.90. The van der Waals surface area contributed by atoms with Gasteiger partial charge in [-0.3, -0.25) is 4.90 Å². The highest BCUT2D eigenvalue weighted by Gasteiger charge is 2.37. The lowest BCUT2D eigenvalue weighted by molar-refractivity contribution is -0.0527. The quantitative estimate of drug-likeness (QED) is 0.379. The van der Waals surface area contributed by atoms with E-state index in [0.717, 1.165) is 58.5 Å². The number of likely N-dealkylation sites (tertiary alicyclic amines) is 1. The van der Waals surface area contributed by atoms with E-state index in [9.17, 15) is 8.78 Å². The monoisotopic (exact) mass is 466 g/mol. The van der Waals surface area contributed by atoms with Gasteiger partial charge in [0, 0.05) is 57.7 Å². The summed E-state index contributed by atoms with van der Waals surface area (Å²) in [6, 6.07) is 11.0. The Morgan fingerprint density at radius 1 is 1.12 bits per heavy atom. The van der Waals surface area contributed by atoms with Crippen molar-refractivity contribution in [3.05, 3.63) is 35.9 Å². The first-order valence-electron chi connectivity index (χ1n) is 13.0. The Morgan fingerprint density at radius 2 is 1.88 bits per heavy atom. The third-order valence-corrected chi connectivity index (χ3v) is 7.38. The summed E-state index contributed by atoms with van der Waals surface area (Å²) in [4.78, 5) is 2.61. The number of likely N-dealkylation sites (N-methyl/N-ethyl adjacent to an activating group) is 1. The topological polar surface area (TPSA) is 33.7 Å². The van der Waals surface area contributed by atoms with Crippen LogP contribution in [0.2, 0.25) is 0 Å². The lowest BCUT2D eigenvalue weighted by Gasteiger charge is -2.42. The van der Waals surface area contributed by atoms with E-state index in [4.69, 9.17) is 9.47 Å². The minimum atomic E-state index is -2.45. The van der Waals surface area contributed by atoms with Crippen molar-refractivity contribution in [2.45, 2.75) is 76.4 Å². The van der Waals surface area contributed by atoms with Gasteiger partial charge in [0.05, 0.1) is 6.10 Å². The van der Waals surface area contributed by atoms with Crippen LogP contribution < -0.4 is 5.32 Å². The highest BCUT2D eigenvalue weighted by Crippen LogP contribution is 2.39. The Hall–Kier alpha value is -1.08. The van der Waals surface area contributed by atoms with Gasteiger partial charge in [0.2, 0.25) is 5.92 Å². The van der Waals surface area contributed by atoms with Crippen LogP contribution in [0.5, 0.6) is 0 Å². The molecule has 1 saturated carbocycles. The van der Waals surface area contributed by atoms with E-state index in [0.29, 0.717) is 37.3 Å². The maximum absolute atomic E-state index is 13.6. The molecule has 0 aromatic heterocycles. The molecule has 1 aromatic rings. The molecule has 1 aliphatic carbocycles. The highest BCUT2D eigenvalue weighted by molar-refractivity contribution is 5.18. The van der Waals surface area contributed by atoms with Crippen LogP contribution in [0.15, 0.2) is 30.3 Å². The maximum atomic E-state index is 13.6. The number of ether oxygens (including phenoxy) is 2. The van der Waals surface area contributed by atoms with Crippen LogP contribution >= 0.6 is 0 Å². The predicted molar refractivity (Wildman–Crippen MR) is 130 cm³/mol. The van der Waals surface area contributed by atoms with Gasteiger partial charge in [-0.1, -0.05) is 30.3 Å². The summed E-state index contributed by atoms with van der Waals surface area (Å²) in [5, 5.41) is 3.37. The van der Waals surface area contributed by atoms with E-state index in [1.807, 2.05) is 14.0 Å². The molecule has 188 valence electrons. The first kappa shape index (κ1) is 26.5. The van der Waals surface area contributed by atoms with Crippen LogP contribution in [0.3, 0.4) is 0 Å². The van der Waals surface area contributed by atoms with Crippen molar-refractivity contribution < 1.29 is 18.3 Å². The summed E-state index contributed by atoms with van der Waals surface area (Å²) in [5.74, 6) is -1.61. The zero-order valence-corrected chi connectivity index (χ0v) is 20.6. The number of alkyl halides is 2. The standard InChI is InChI=1S/C27H44F2N2O2/c1-3-32-17-8-18-33-26(23-9-5-4-6-10-23)24-11-7-16-31(21-24)25(20-30-2)19-22-12-14-27(28,29)15-13-22/h4-6,9-10,22,24-26,30H,3,7-8,11-21H2,1-2H3/t24-,25?,26+/m1/s1. The van der Waals surface area contributed by atoms with Crippen LogP contribution in [-0.4, -0.2) is 63.4 Å². The van der Waals surface area contributed by atoms with Crippen molar-refractivity contribution >= 4 is 0 Å². The molecule has 1 aliphatic heterocycles. The van der Waals surface area contributed by atoms with Crippen molar-refractivity contribution in [3.8, 4) is 0 Å². The van der Waals surface area contributed by atoms with Crippen molar-refractivity contribution in [1.82, 2.24) is 10.2 Å². The lowest BCUT2D eigenvalue weighted by atomic mass is 9.81. The van der Waals surface area contributed by atoms with E-state index in [2.05, 4.69) is 40.5 Å². The number of hydrogen-bond acceptors (Lipinski definition) is 4. The SMILES string of the molecule is CCOCCCO[C@@H](c1ccccc1)[C@@H]1CCCN(C(CNC)CC2CCC(F)(F)CC2)C1. The fraction of sp³-hybridized carbons (Fsp3) is 0.778. The Kier molecular flexibility index (Phi) is 11.0. The summed E-state index contributed by atoms with van der Waals surface area (Å²) in [5.41, 5.74) is 1.25. The van der Waals surface area contributed by atoms with E-state index in [-0.39, 0.29) is 18.9 Å². The maximum Gasteiger partial charge on any atom is 0.248 e. The molecule has 3 atom stereocenters. The minimum Gasteiger partial charge on any atom is -0.382 e. The van der Waals surface area contributed by atoms with Gasteiger partial charge in [-0.25, -0.2) is 8.78 Å². The smallest absolute Gasteiger partial charge is 0.248 e. The van der Waals surface area contributed by atoms with Gasteiger partial charge in [0.15, 0.2) is 0 Å². The Bertz CT molecular complexity index is 651. The summed E-state index contributed by atoms with van der Waals surface area (Å²) in [6.45, 7) is 7.18. The minimum absolute atomic E-state index is 0.0538. The molecule has 3 rings (SSSR count). The molecule has 1 aromatic carbocycles. The molecule has 2 aliphatic rings. The Balaban J connectivity index is 1.62. The van der Waals surface area contributed by atoms with E-state index < -0.39 is 5.92 Å². The molecular weight excluding hydrogens is 422 g/mol. The zero-order valence-electron chi connectivity index (χ0n) is 20.6. The number of nitrogens with one attached hydrogen (secondary N) is 1. The highest BCUT2D eigenvalue weighted by atomic mass is 19.3. The normalized spacial score (nSPS) is 23.9. The van der Waals surface area contributed by atoms with Crippen LogP contribution in [-0.2, 0) is 9.47 Å². The molecule has 33 heavy (non-hydrogen) atoms. The number of nitrogens with zero attached hydrogens (tertiary/aromatic N) is 1. The molecule has 0 radical (unpaired) electrons. The fourth-order valence-corrected chi connectivity index (χ4v) is 5.60. The second kappa shape index (κ2) is 13.7. The molecule has 0 bridgehead atoms. The molecule has 1 unspecified atom stereocenters. The Labute approximate surface area is 199 Å². The van der Waals surface area contributed by atoms with Gasteiger partial charge < -0.3 is 14.8 Å². The van der Waals surface area contributed by atoms with Crippen molar-refractivity contribution in [2.75, 3.05) is 46.5 Å². The molecule has 4 nitrogen and oxygen atoms in total. The van der Waals surface area contributed by atoms with Gasteiger partial charge >= 0.3 is 0 Å². The molecule has 1 N–H and O–H groups in total. The number of piperidine rings is 1. The lowest BCUT2D eigenvalue weighted by Crippen LogP contribution is -2.49. The zero-order chi connectivity index (χ0) is 23.5. The van der Waals surface area contributed by atoms with E-state index in [1.165, 1.54) is 5.56 Å². The number of rotatable bonds is 13. The third kappa shape index (κ3) is 8.57. The van der Waals surface area contributed by atoms with Crippen LogP contribution in [0.25, 0.3) is 0 Å². The first-order valence-corrected chi connectivity index (χ1v) is 13.0. The molecule has 2 fully saturated rings. The molecule has 0 spiro atoms. The van der Waals surface area contributed by atoms with Crippen LogP contribution in [0, 0.1) is 11.8 Å². The Morgan fingerprint density at radius 3 is 2.58 bits per heavy atom. The van der Waals surface area contributed by atoms with Gasteiger partial charge in [-0.15, -0.1) is 0 Å². The molecule has 0 amide bonds. The van der Waals surface area contributed by atoms with Gasteiger partial charge in [0.25, 0.3) is 0 Å². The average Bonchev–Trinajstić information content (AvgIpc) is 2.83. The summed E-state index contributed by atoms with van der Waals surface area (Å²) < 4.78 is 39.2. The van der Waals surface area contributed by atoms with E-state index >= 15 is 0 Å². The van der Waals surface area contributed by atoms with Crippen LogP contribution in [0.1, 0.15) is 70.0 Å². The largest absolute Gasteiger partial charge is 0.382 e. The molecule has 1 heterocycles. The average molecular weight is 467 g/mol. The van der Waals surface area contributed by atoms with Gasteiger partial charge in [-0.2, -0.15) is 0 Å². The van der Waals surface area contributed by atoms with Crippen molar-refractivity contribution in [2.24, 2.45) is 11.8 Å². The molecule has 1 saturated heterocycles. The van der Waals surface area contributed by atoms with E-state index in [1.54, 1.807) is 0 Å². The summed E-state index contributed by atoms with van der Waals surface area (Å²) in [7, 11) is 2.00. The first-order chi connectivity index (χ1) is 16.0. The van der Waals surface area contributed by atoms with Crippen molar-refractivity contribution in [3.63, 3.8) is 0 Å². The van der Waals surface area contributed by atoms with Crippen molar-refractivity contribution in [1.29, 1.82) is 0 Å². The third-order valence-electron chi connectivity index (χ3n) is 7.38. The number of hydrogen-bond donors (Lipinski definition) is 1. The predicted octanol–water partition coefficient (Wildman–Crippen LogP) is 5.69. The fourth-order valence-electron chi connectivity index (χ4n) is 5.60. The van der Waals surface area contributed by atoms with Gasteiger partial charge in [0.1, 0.15) is 0 Å². The molecule has 6 heteroatoms. The second-order valence-electron chi connectivity index (χ2n) is 9.90. The van der Waals surface area contributed by atoms with Gasteiger partial charge in [-0.05, 0) is 70.5 Å². The van der Waals surface area contributed by atoms with Crippen LogP contribution in [0.4, 0.5) is 8.78 Å². The molecular formula is C27H44F2N2O2.